The number of amides is 1. The number of rotatable bonds is 8. The Morgan fingerprint density at radius 1 is 1.27 bits per heavy atom. The van der Waals surface area contributed by atoms with Crippen molar-refractivity contribution in [3.63, 3.8) is 0 Å². The highest BCUT2D eigenvalue weighted by Crippen LogP contribution is 2.41. The van der Waals surface area contributed by atoms with E-state index in [0.717, 1.165) is 25.6 Å². The van der Waals surface area contributed by atoms with E-state index in [1.54, 1.807) is 12.1 Å². The highest BCUT2D eigenvalue weighted by molar-refractivity contribution is 9.10. The number of nitrogens with zero attached hydrogens (tertiary/aromatic N) is 3. The van der Waals surface area contributed by atoms with Crippen LogP contribution in [-0.4, -0.2) is 60.2 Å². The van der Waals surface area contributed by atoms with Crippen molar-refractivity contribution >= 4 is 44.6 Å². The van der Waals surface area contributed by atoms with Crippen molar-refractivity contribution in [2.75, 3.05) is 44.9 Å². The molecule has 1 aromatic carbocycles. The third kappa shape index (κ3) is 5.93. The predicted molar refractivity (Wildman–Crippen MR) is 124 cm³/mol. The summed E-state index contributed by atoms with van der Waals surface area (Å²) in [5, 5.41) is 6.05. The number of carbonyl (C=O) groups is 1. The highest BCUT2D eigenvalue weighted by atomic mass is 79.9. The fraction of sp³-hybridized carbons (Fsp3) is 0.381. The molecule has 0 atom stereocenters. The smallest absolute Gasteiger partial charge is 0.419 e. The number of H-pyrrole nitrogens is 1. The van der Waals surface area contributed by atoms with Gasteiger partial charge in [0.05, 0.1) is 28.5 Å². The molecule has 0 aliphatic rings. The number of anilines is 2. The summed E-state index contributed by atoms with van der Waals surface area (Å²) < 4.78 is 46.3. The molecule has 1 amide bonds. The SMILES string of the molecule is COC(=O)Nc1ccc2c(-c3nc(NCCCCN(C)C)ncc3C(F)(F)F)c[nH]c2c1Br. The van der Waals surface area contributed by atoms with Crippen LogP contribution < -0.4 is 10.6 Å². The van der Waals surface area contributed by atoms with E-state index in [1.807, 2.05) is 14.1 Å². The van der Waals surface area contributed by atoms with Gasteiger partial charge in [-0.1, -0.05) is 6.07 Å². The van der Waals surface area contributed by atoms with Crippen LogP contribution in [0.1, 0.15) is 18.4 Å². The van der Waals surface area contributed by atoms with E-state index in [1.165, 1.54) is 13.3 Å². The number of fused-ring (bicyclic) bond motifs is 1. The summed E-state index contributed by atoms with van der Waals surface area (Å²) in [7, 11) is 5.19. The first kappa shape index (κ1) is 24.8. The summed E-state index contributed by atoms with van der Waals surface area (Å²) in [6.07, 6.45) is -1.29. The molecule has 0 fully saturated rings. The van der Waals surface area contributed by atoms with E-state index in [0.29, 0.717) is 27.6 Å². The Balaban J connectivity index is 1.96. The van der Waals surface area contributed by atoms with Gasteiger partial charge in [0.1, 0.15) is 5.56 Å². The second-order valence-corrected chi connectivity index (χ2v) is 8.35. The largest absolute Gasteiger partial charge is 0.453 e. The van der Waals surface area contributed by atoms with E-state index >= 15 is 0 Å². The average Bonchev–Trinajstić information content (AvgIpc) is 3.19. The Labute approximate surface area is 197 Å². The fourth-order valence-electron chi connectivity index (χ4n) is 3.25. The number of halogens is 4. The van der Waals surface area contributed by atoms with Gasteiger partial charge < -0.3 is 19.9 Å². The van der Waals surface area contributed by atoms with Crippen LogP contribution in [0.15, 0.2) is 29.0 Å². The van der Waals surface area contributed by atoms with Crippen LogP contribution in [0, 0.1) is 0 Å². The van der Waals surface area contributed by atoms with Crippen molar-refractivity contribution in [1.82, 2.24) is 19.9 Å². The van der Waals surface area contributed by atoms with Crippen LogP contribution in [0.5, 0.6) is 0 Å². The van der Waals surface area contributed by atoms with E-state index in [-0.39, 0.29) is 17.2 Å². The third-order valence-electron chi connectivity index (χ3n) is 4.88. The van der Waals surface area contributed by atoms with Crippen LogP contribution in [-0.2, 0) is 10.9 Å². The molecule has 0 saturated heterocycles. The van der Waals surface area contributed by atoms with E-state index < -0.39 is 17.8 Å². The highest BCUT2D eigenvalue weighted by Gasteiger charge is 2.36. The molecule has 0 radical (unpaired) electrons. The first-order valence-corrected chi connectivity index (χ1v) is 10.9. The number of aromatic amines is 1. The molecule has 8 nitrogen and oxygen atoms in total. The summed E-state index contributed by atoms with van der Waals surface area (Å²) in [5.74, 6) is 0.125. The fourth-order valence-corrected chi connectivity index (χ4v) is 3.81. The van der Waals surface area contributed by atoms with Crippen molar-refractivity contribution in [3.05, 3.63) is 34.6 Å². The zero-order chi connectivity index (χ0) is 24.2. The van der Waals surface area contributed by atoms with Crippen LogP contribution in [0.25, 0.3) is 22.2 Å². The van der Waals surface area contributed by atoms with Crippen LogP contribution in [0.4, 0.5) is 29.6 Å². The van der Waals surface area contributed by atoms with Gasteiger partial charge in [-0.05, 0) is 55.5 Å². The molecule has 0 spiro atoms. The van der Waals surface area contributed by atoms with Gasteiger partial charge in [-0.2, -0.15) is 13.2 Å². The molecule has 12 heteroatoms. The van der Waals surface area contributed by atoms with Crippen molar-refractivity contribution in [1.29, 1.82) is 0 Å². The van der Waals surface area contributed by atoms with Crippen molar-refractivity contribution < 1.29 is 22.7 Å². The number of aromatic nitrogens is 3. The van der Waals surface area contributed by atoms with Gasteiger partial charge in [-0.3, -0.25) is 5.32 Å². The lowest BCUT2D eigenvalue weighted by Crippen LogP contribution is -2.15. The molecule has 0 aliphatic carbocycles. The van der Waals surface area contributed by atoms with E-state index in [4.69, 9.17) is 0 Å². The molecular formula is C21H24BrF3N6O2. The summed E-state index contributed by atoms with van der Waals surface area (Å²) in [5.41, 5.74) is 0.000610. The minimum absolute atomic E-state index is 0.125. The lowest BCUT2D eigenvalue weighted by molar-refractivity contribution is -0.137. The number of benzene rings is 1. The quantitative estimate of drug-likeness (QED) is 0.341. The van der Waals surface area contributed by atoms with Gasteiger partial charge in [-0.15, -0.1) is 0 Å². The van der Waals surface area contributed by atoms with Crippen LogP contribution >= 0.6 is 15.9 Å². The molecular weight excluding hydrogens is 505 g/mol. The molecule has 3 N–H and O–H groups in total. The molecule has 33 heavy (non-hydrogen) atoms. The number of ether oxygens (including phenoxy) is 1. The molecule has 0 aliphatic heterocycles. The van der Waals surface area contributed by atoms with Gasteiger partial charge in [0.25, 0.3) is 0 Å². The zero-order valence-corrected chi connectivity index (χ0v) is 19.9. The summed E-state index contributed by atoms with van der Waals surface area (Å²) in [4.78, 5) is 24.6. The van der Waals surface area contributed by atoms with E-state index in [9.17, 15) is 18.0 Å². The summed E-state index contributed by atoms with van der Waals surface area (Å²) in [6.45, 7) is 1.46. The number of nitrogens with one attached hydrogen (secondary N) is 3. The van der Waals surface area contributed by atoms with Gasteiger partial charge >= 0.3 is 12.3 Å². The van der Waals surface area contributed by atoms with Crippen molar-refractivity contribution in [2.24, 2.45) is 0 Å². The minimum Gasteiger partial charge on any atom is -0.453 e. The number of unbranched alkanes of at least 4 members (excludes halogenated alkanes) is 1. The Kier molecular flexibility index (Phi) is 7.80. The maximum absolute atomic E-state index is 13.7. The van der Waals surface area contributed by atoms with Crippen molar-refractivity contribution in [2.45, 2.75) is 19.0 Å². The number of alkyl halides is 3. The van der Waals surface area contributed by atoms with E-state index in [2.05, 4.69) is 51.2 Å². The molecule has 3 aromatic rings. The predicted octanol–water partition coefficient (Wildman–Crippen LogP) is 5.34. The van der Waals surface area contributed by atoms with Crippen LogP contribution in [0.3, 0.4) is 0 Å². The lowest BCUT2D eigenvalue weighted by atomic mass is 10.1. The monoisotopic (exact) mass is 528 g/mol. The Morgan fingerprint density at radius 2 is 2.03 bits per heavy atom. The van der Waals surface area contributed by atoms with Crippen molar-refractivity contribution in [3.8, 4) is 11.3 Å². The normalized spacial score (nSPS) is 11.8. The minimum atomic E-state index is -4.63. The molecule has 178 valence electrons. The number of hydrogen-bond donors (Lipinski definition) is 3. The topological polar surface area (TPSA) is 95.2 Å². The number of carbonyl (C=O) groups excluding carboxylic acids is 1. The maximum Gasteiger partial charge on any atom is 0.419 e. The molecule has 2 aromatic heterocycles. The molecule has 0 saturated carbocycles. The first-order chi connectivity index (χ1) is 15.6. The molecule has 0 unspecified atom stereocenters. The second-order valence-electron chi connectivity index (χ2n) is 7.56. The third-order valence-corrected chi connectivity index (χ3v) is 5.70. The molecule has 3 rings (SSSR count). The number of methoxy groups -OCH3 is 1. The summed E-state index contributed by atoms with van der Waals surface area (Å²) in [6, 6.07) is 3.17. The standard InChI is InChI=1S/C21H24BrF3N6O2/c1-31(2)9-5-4-8-26-19-28-11-14(21(23,24)25)17(30-19)13-10-27-18-12(13)6-7-15(16(18)22)29-20(32)33-3/h6-7,10-11,27H,4-5,8-9H2,1-3H3,(H,29,32)(H,26,28,30). The molecule has 2 heterocycles. The molecule has 0 bridgehead atoms. The van der Waals surface area contributed by atoms with Gasteiger partial charge in [0.2, 0.25) is 5.95 Å². The maximum atomic E-state index is 13.7. The Morgan fingerprint density at radius 3 is 2.70 bits per heavy atom. The average molecular weight is 529 g/mol. The second kappa shape index (κ2) is 10.4. The van der Waals surface area contributed by atoms with Gasteiger partial charge in [0, 0.05) is 29.9 Å². The number of hydrogen-bond acceptors (Lipinski definition) is 6. The zero-order valence-electron chi connectivity index (χ0n) is 18.3. The Hall–Kier alpha value is -2.86. The lowest BCUT2D eigenvalue weighted by Gasteiger charge is -2.14. The van der Waals surface area contributed by atoms with Gasteiger partial charge in [0.15, 0.2) is 0 Å². The van der Waals surface area contributed by atoms with Gasteiger partial charge in [-0.25, -0.2) is 14.8 Å². The van der Waals surface area contributed by atoms with Crippen LogP contribution in [0.2, 0.25) is 0 Å². The first-order valence-electron chi connectivity index (χ1n) is 10.1. The summed E-state index contributed by atoms with van der Waals surface area (Å²) >= 11 is 3.38. The Bertz CT molecular complexity index is 1130.